The fraction of sp³-hybridized carbons (Fsp3) is 0.632. The minimum absolute atomic E-state index is 0.0558. The number of nitro benzene ring substituents is 1. The number of hydrogen-bond donors (Lipinski definition) is 1. The second-order valence-corrected chi connectivity index (χ2v) is 9.19. The predicted octanol–water partition coefficient (Wildman–Crippen LogP) is 3.04. The molecule has 0 amide bonds. The van der Waals surface area contributed by atoms with Gasteiger partial charge in [-0.05, 0) is 38.7 Å². The van der Waals surface area contributed by atoms with Crippen LogP contribution >= 0.6 is 0 Å². The van der Waals surface area contributed by atoms with Crippen LogP contribution in [-0.4, -0.2) is 46.7 Å². The number of nitrogens with zero attached hydrogens (tertiary/aromatic N) is 2. The van der Waals surface area contributed by atoms with Gasteiger partial charge in [0.05, 0.1) is 11.0 Å². The maximum atomic E-state index is 13.5. The highest BCUT2D eigenvalue weighted by molar-refractivity contribution is 7.89. The van der Waals surface area contributed by atoms with Crippen molar-refractivity contribution >= 4 is 21.5 Å². The molecule has 1 aliphatic rings. The second-order valence-electron chi connectivity index (χ2n) is 7.38. The molecule has 8 nitrogen and oxygen atoms in total. The highest BCUT2D eigenvalue weighted by atomic mass is 32.2. The molecule has 1 heterocycles. The Labute approximate surface area is 165 Å². The Hall–Kier alpha value is -1.84. The molecular formula is C19H28N2O6S. The number of ketones is 1. The molecule has 0 radical (unpaired) electrons. The SMILES string of the molecule is CCC[C@@H](O)C[C@@H]1CCC[C@H](CC(C)=O)N1S(=O)(=O)c1ccccc1[N+](=O)[O-]. The molecule has 0 aromatic heterocycles. The van der Waals surface area contributed by atoms with Gasteiger partial charge in [0.25, 0.3) is 5.69 Å². The third-order valence-corrected chi connectivity index (χ3v) is 7.15. The summed E-state index contributed by atoms with van der Waals surface area (Å²) in [5.41, 5.74) is -0.484. The van der Waals surface area contributed by atoms with Gasteiger partial charge in [-0.15, -0.1) is 0 Å². The Bertz CT molecular complexity index is 810. The number of nitro groups is 1. The fourth-order valence-electron chi connectivity index (χ4n) is 3.98. The standard InChI is InChI=1S/C19H28N2O6S/c1-3-7-17(23)13-16-9-6-8-15(12-14(2)22)20(16)28(26,27)19-11-5-4-10-18(19)21(24)25/h4-5,10-11,15-17,23H,3,6-9,12-13H2,1-2H3/t15-,16+,17-/m1/s1. The topological polar surface area (TPSA) is 118 Å². The van der Waals surface area contributed by atoms with Crippen LogP contribution in [0.15, 0.2) is 29.2 Å². The summed E-state index contributed by atoms with van der Waals surface area (Å²) >= 11 is 0. The number of benzene rings is 1. The van der Waals surface area contributed by atoms with E-state index in [1.807, 2.05) is 6.92 Å². The maximum Gasteiger partial charge on any atom is 0.289 e. The summed E-state index contributed by atoms with van der Waals surface area (Å²) in [5.74, 6) is -0.137. The summed E-state index contributed by atoms with van der Waals surface area (Å²) in [6.07, 6.45) is 2.77. The van der Waals surface area contributed by atoms with Gasteiger partial charge in [-0.1, -0.05) is 31.9 Å². The van der Waals surface area contributed by atoms with Crippen molar-refractivity contribution in [2.45, 2.75) is 81.9 Å². The molecule has 2 rings (SSSR count). The molecule has 1 saturated heterocycles. The van der Waals surface area contributed by atoms with Crippen LogP contribution in [0.3, 0.4) is 0 Å². The first kappa shape index (κ1) is 22.4. The summed E-state index contributed by atoms with van der Waals surface area (Å²) in [4.78, 5) is 22.1. The number of carbonyl (C=O) groups excluding carboxylic acids is 1. The first-order valence-electron chi connectivity index (χ1n) is 9.63. The lowest BCUT2D eigenvalue weighted by Gasteiger charge is -2.41. The molecule has 1 aliphatic heterocycles. The third-order valence-electron chi connectivity index (χ3n) is 5.10. The maximum absolute atomic E-state index is 13.5. The van der Waals surface area contributed by atoms with E-state index in [0.717, 1.165) is 18.9 Å². The van der Waals surface area contributed by atoms with Gasteiger partial charge in [0.2, 0.25) is 10.0 Å². The summed E-state index contributed by atoms with van der Waals surface area (Å²) < 4.78 is 28.2. The van der Waals surface area contributed by atoms with Gasteiger partial charge >= 0.3 is 0 Å². The van der Waals surface area contributed by atoms with Crippen molar-refractivity contribution in [3.8, 4) is 0 Å². The van der Waals surface area contributed by atoms with Gasteiger partial charge in [-0.2, -0.15) is 4.31 Å². The molecule has 1 fully saturated rings. The molecule has 0 bridgehead atoms. The van der Waals surface area contributed by atoms with E-state index in [2.05, 4.69) is 0 Å². The molecule has 3 atom stereocenters. The summed E-state index contributed by atoms with van der Waals surface area (Å²) in [5, 5.41) is 21.7. The molecule has 156 valence electrons. The zero-order chi connectivity index (χ0) is 20.9. The van der Waals surface area contributed by atoms with Crippen molar-refractivity contribution in [3.05, 3.63) is 34.4 Å². The minimum atomic E-state index is -4.21. The van der Waals surface area contributed by atoms with Gasteiger partial charge < -0.3 is 5.11 Å². The summed E-state index contributed by atoms with van der Waals surface area (Å²) in [7, 11) is -4.21. The number of para-hydroxylation sites is 1. The highest BCUT2D eigenvalue weighted by Gasteiger charge is 2.43. The van der Waals surface area contributed by atoms with Gasteiger partial charge in [0.15, 0.2) is 4.90 Å². The van der Waals surface area contributed by atoms with Crippen LogP contribution in [0.4, 0.5) is 5.69 Å². The van der Waals surface area contributed by atoms with Gasteiger partial charge in [0, 0.05) is 24.6 Å². The molecule has 28 heavy (non-hydrogen) atoms. The Morgan fingerprint density at radius 2 is 1.96 bits per heavy atom. The van der Waals surface area contributed by atoms with Crippen molar-refractivity contribution in [1.82, 2.24) is 4.31 Å². The van der Waals surface area contributed by atoms with Crippen LogP contribution in [0.25, 0.3) is 0 Å². The van der Waals surface area contributed by atoms with Gasteiger partial charge in [0.1, 0.15) is 5.78 Å². The highest BCUT2D eigenvalue weighted by Crippen LogP contribution is 2.36. The number of Topliss-reactive ketones (excluding diaryl/α,β-unsaturated/α-hetero) is 1. The second kappa shape index (κ2) is 9.58. The molecule has 0 spiro atoms. The lowest BCUT2D eigenvalue weighted by molar-refractivity contribution is -0.387. The van der Waals surface area contributed by atoms with Crippen molar-refractivity contribution in [2.24, 2.45) is 0 Å². The quantitative estimate of drug-likeness (QED) is 0.492. The van der Waals surface area contributed by atoms with Gasteiger partial charge in [-0.3, -0.25) is 14.9 Å². The number of piperidine rings is 1. The lowest BCUT2D eigenvalue weighted by atomic mass is 9.91. The van der Waals surface area contributed by atoms with E-state index in [0.29, 0.717) is 19.3 Å². The third kappa shape index (κ3) is 5.15. The zero-order valence-corrected chi connectivity index (χ0v) is 17.1. The number of hydrogen-bond acceptors (Lipinski definition) is 6. The van der Waals surface area contributed by atoms with Crippen LogP contribution in [0.2, 0.25) is 0 Å². The van der Waals surface area contributed by atoms with E-state index in [-0.39, 0.29) is 23.5 Å². The molecule has 1 aromatic carbocycles. The monoisotopic (exact) mass is 412 g/mol. The molecular weight excluding hydrogens is 384 g/mol. The average Bonchev–Trinajstić information content (AvgIpc) is 2.61. The minimum Gasteiger partial charge on any atom is -0.393 e. The summed E-state index contributed by atoms with van der Waals surface area (Å²) in [6, 6.07) is 4.21. The summed E-state index contributed by atoms with van der Waals surface area (Å²) in [6.45, 7) is 3.34. The zero-order valence-electron chi connectivity index (χ0n) is 16.3. The molecule has 1 aromatic rings. The lowest BCUT2D eigenvalue weighted by Crippen LogP contribution is -2.51. The molecule has 0 aliphatic carbocycles. The smallest absolute Gasteiger partial charge is 0.289 e. The van der Waals surface area contributed by atoms with E-state index < -0.39 is 38.8 Å². The van der Waals surface area contributed by atoms with Crippen molar-refractivity contribution in [1.29, 1.82) is 0 Å². The normalized spacial score (nSPS) is 22.0. The number of aliphatic hydroxyl groups excluding tert-OH is 1. The number of carbonyl (C=O) groups is 1. The Morgan fingerprint density at radius 3 is 2.57 bits per heavy atom. The van der Waals surface area contributed by atoms with E-state index >= 15 is 0 Å². The average molecular weight is 413 g/mol. The van der Waals surface area contributed by atoms with E-state index in [9.17, 15) is 28.4 Å². The first-order chi connectivity index (χ1) is 13.2. The number of rotatable bonds is 9. The fourth-order valence-corrected chi connectivity index (χ4v) is 6.03. The van der Waals surface area contributed by atoms with Gasteiger partial charge in [-0.25, -0.2) is 8.42 Å². The van der Waals surface area contributed by atoms with Crippen LogP contribution in [0.5, 0.6) is 0 Å². The van der Waals surface area contributed by atoms with Crippen LogP contribution in [0, 0.1) is 10.1 Å². The van der Waals surface area contributed by atoms with Crippen molar-refractivity contribution in [2.75, 3.05) is 0 Å². The molecule has 0 unspecified atom stereocenters. The Balaban J connectivity index is 2.50. The van der Waals surface area contributed by atoms with Crippen LogP contribution < -0.4 is 0 Å². The molecule has 1 N–H and O–H groups in total. The first-order valence-corrected chi connectivity index (χ1v) is 11.1. The van der Waals surface area contributed by atoms with E-state index in [1.165, 1.54) is 29.4 Å². The largest absolute Gasteiger partial charge is 0.393 e. The van der Waals surface area contributed by atoms with Crippen LogP contribution in [-0.2, 0) is 14.8 Å². The van der Waals surface area contributed by atoms with E-state index in [4.69, 9.17) is 0 Å². The Morgan fingerprint density at radius 1 is 1.32 bits per heavy atom. The molecule has 0 saturated carbocycles. The Kier molecular flexibility index (Phi) is 7.68. The van der Waals surface area contributed by atoms with Crippen molar-refractivity contribution < 1.29 is 23.2 Å². The molecule has 9 heteroatoms. The number of aliphatic hydroxyl groups is 1. The number of sulfonamides is 1. The van der Waals surface area contributed by atoms with Crippen molar-refractivity contribution in [3.63, 3.8) is 0 Å². The van der Waals surface area contributed by atoms with E-state index in [1.54, 1.807) is 0 Å². The van der Waals surface area contributed by atoms with Crippen LogP contribution in [0.1, 0.15) is 58.8 Å². The predicted molar refractivity (Wildman–Crippen MR) is 104 cm³/mol.